The largest absolute Gasteiger partial charge is 0.466 e. The third kappa shape index (κ3) is 2.27. The first kappa shape index (κ1) is 15.3. The second-order valence-corrected chi connectivity index (χ2v) is 6.32. The zero-order valence-electron chi connectivity index (χ0n) is 13.6. The maximum Gasteiger partial charge on any atom is 0.336 e. The molecule has 0 radical (unpaired) electrons. The molecule has 1 aromatic rings. The number of esters is 1. The fraction of sp³-hybridized carbons (Fsp3) is 0.500. The van der Waals surface area contributed by atoms with E-state index in [4.69, 9.17) is 4.74 Å². The minimum atomic E-state index is -0.341. The summed E-state index contributed by atoms with van der Waals surface area (Å²) in [4.78, 5) is 16.9. The van der Waals surface area contributed by atoms with Crippen molar-refractivity contribution in [2.24, 2.45) is 0 Å². The molecule has 0 amide bonds. The minimum Gasteiger partial charge on any atom is -0.466 e. The third-order valence-corrected chi connectivity index (χ3v) is 5.28. The monoisotopic (exact) mass is 300 g/mol. The number of likely N-dealkylation sites (N-methyl/N-ethyl adjacent to an activating group) is 2. The van der Waals surface area contributed by atoms with Gasteiger partial charge in [0, 0.05) is 13.1 Å². The van der Waals surface area contributed by atoms with Gasteiger partial charge < -0.3 is 4.74 Å². The number of rotatable bonds is 2. The van der Waals surface area contributed by atoms with Gasteiger partial charge in [-0.3, -0.25) is 9.80 Å². The van der Waals surface area contributed by atoms with Crippen molar-refractivity contribution in [3.8, 4) is 0 Å². The third-order valence-electron chi connectivity index (χ3n) is 5.28. The molecule has 1 aliphatic heterocycles. The SMILES string of the molecule is COC(=O)C1=CCC(c2ccccc2)CC12N(C)CCN2C. The van der Waals surface area contributed by atoms with Gasteiger partial charge in [0.2, 0.25) is 0 Å². The Bertz CT molecular complexity index is 572. The van der Waals surface area contributed by atoms with Gasteiger partial charge in [-0.25, -0.2) is 4.79 Å². The molecule has 4 heteroatoms. The maximum atomic E-state index is 12.3. The summed E-state index contributed by atoms with van der Waals surface area (Å²) in [6, 6.07) is 10.6. The van der Waals surface area contributed by atoms with Gasteiger partial charge in [-0.05, 0) is 38.4 Å². The molecule has 1 aromatic carbocycles. The van der Waals surface area contributed by atoms with E-state index >= 15 is 0 Å². The average Bonchev–Trinajstić information content (AvgIpc) is 2.84. The number of carbonyl (C=O) groups is 1. The van der Waals surface area contributed by atoms with Crippen LogP contribution in [0.15, 0.2) is 42.0 Å². The fourth-order valence-corrected chi connectivity index (χ4v) is 3.98. The molecule has 0 aromatic heterocycles. The van der Waals surface area contributed by atoms with Crippen molar-refractivity contribution in [3.05, 3.63) is 47.5 Å². The van der Waals surface area contributed by atoms with Crippen molar-refractivity contribution >= 4 is 5.97 Å². The molecule has 1 saturated heterocycles. The Balaban J connectivity index is 2.01. The number of allylic oxidation sites excluding steroid dienone is 1. The van der Waals surface area contributed by atoms with Crippen molar-refractivity contribution < 1.29 is 9.53 Å². The van der Waals surface area contributed by atoms with Crippen molar-refractivity contribution in [2.45, 2.75) is 24.4 Å². The number of hydrogen-bond acceptors (Lipinski definition) is 4. The van der Waals surface area contributed by atoms with Gasteiger partial charge in [-0.1, -0.05) is 36.4 Å². The molecule has 1 unspecified atom stereocenters. The van der Waals surface area contributed by atoms with Gasteiger partial charge in [0.1, 0.15) is 5.66 Å². The highest BCUT2D eigenvalue weighted by molar-refractivity contribution is 5.91. The maximum absolute atomic E-state index is 12.3. The van der Waals surface area contributed by atoms with E-state index in [0.717, 1.165) is 31.5 Å². The lowest BCUT2D eigenvalue weighted by Crippen LogP contribution is -2.56. The first-order valence-electron chi connectivity index (χ1n) is 7.86. The van der Waals surface area contributed by atoms with Crippen LogP contribution in [0.3, 0.4) is 0 Å². The first-order chi connectivity index (χ1) is 10.6. The molecule has 0 N–H and O–H groups in total. The number of carbonyl (C=O) groups excluding carboxylic acids is 1. The molecule has 1 atom stereocenters. The van der Waals surface area contributed by atoms with E-state index in [0.29, 0.717) is 5.92 Å². The summed E-state index contributed by atoms with van der Waals surface area (Å²) in [5.74, 6) is 0.227. The van der Waals surface area contributed by atoms with Crippen LogP contribution in [0.5, 0.6) is 0 Å². The molecule has 1 spiro atoms. The summed E-state index contributed by atoms with van der Waals surface area (Å²) in [6.45, 7) is 1.93. The summed E-state index contributed by atoms with van der Waals surface area (Å²) in [5.41, 5.74) is 1.80. The summed E-state index contributed by atoms with van der Waals surface area (Å²) in [7, 11) is 5.68. The smallest absolute Gasteiger partial charge is 0.336 e. The second-order valence-electron chi connectivity index (χ2n) is 6.32. The highest BCUT2D eigenvalue weighted by Crippen LogP contribution is 2.45. The van der Waals surface area contributed by atoms with Crippen LogP contribution in [0, 0.1) is 0 Å². The Kier molecular flexibility index (Phi) is 4.06. The Morgan fingerprint density at radius 1 is 1.18 bits per heavy atom. The molecule has 1 heterocycles. The van der Waals surface area contributed by atoms with Crippen LogP contribution in [-0.4, -0.2) is 55.7 Å². The normalized spacial score (nSPS) is 25.2. The van der Waals surface area contributed by atoms with Crippen LogP contribution in [0.25, 0.3) is 0 Å². The standard InChI is InChI=1S/C18H24N2O2/c1-19-11-12-20(2)18(19)13-15(14-7-5-4-6-8-14)9-10-16(18)17(21)22-3/h4-8,10,15H,9,11-13H2,1-3H3. The van der Waals surface area contributed by atoms with Gasteiger partial charge >= 0.3 is 5.97 Å². The second kappa shape index (κ2) is 5.86. The average molecular weight is 300 g/mol. The summed E-state index contributed by atoms with van der Waals surface area (Å²) in [5, 5.41) is 0. The molecule has 0 bridgehead atoms. The lowest BCUT2D eigenvalue weighted by molar-refractivity contribution is -0.139. The molecule has 0 saturated carbocycles. The van der Waals surface area contributed by atoms with E-state index in [9.17, 15) is 4.79 Å². The van der Waals surface area contributed by atoms with Crippen LogP contribution in [-0.2, 0) is 9.53 Å². The van der Waals surface area contributed by atoms with E-state index < -0.39 is 0 Å². The Labute approximate surface area is 132 Å². The number of nitrogens with zero attached hydrogens (tertiary/aromatic N) is 2. The Morgan fingerprint density at radius 2 is 1.82 bits per heavy atom. The van der Waals surface area contributed by atoms with Crippen molar-refractivity contribution in [2.75, 3.05) is 34.3 Å². The van der Waals surface area contributed by atoms with Gasteiger partial charge in [0.05, 0.1) is 12.7 Å². The van der Waals surface area contributed by atoms with Crippen molar-refractivity contribution in [3.63, 3.8) is 0 Å². The highest BCUT2D eigenvalue weighted by Gasteiger charge is 2.51. The summed E-state index contributed by atoms with van der Waals surface area (Å²) < 4.78 is 5.05. The quantitative estimate of drug-likeness (QED) is 0.784. The van der Waals surface area contributed by atoms with Crippen LogP contribution in [0.2, 0.25) is 0 Å². The topological polar surface area (TPSA) is 32.8 Å². The van der Waals surface area contributed by atoms with E-state index in [1.807, 2.05) is 6.07 Å². The van der Waals surface area contributed by atoms with Crippen LogP contribution < -0.4 is 0 Å². The fourth-order valence-electron chi connectivity index (χ4n) is 3.98. The molecule has 118 valence electrons. The first-order valence-corrected chi connectivity index (χ1v) is 7.86. The van der Waals surface area contributed by atoms with Gasteiger partial charge in [0.25, 0.3) is 0 Å². The molecule has 1 fully saturated rings. The molecule has 22 heavy (non-hydrogen) atoms. The zero-order chi connectivity index (χ0) is 15.7. The van der Waals surface area contributed by atoms with Crippen molar-refractivity contribution in [1.82, 2.24) is 9.80 Å². The molecular formula is C18H24N2O2. The molecule has 1 aliphatic carbocycles. The molecule has 2 aliphatic rings. The number of methoxy groups -OCH3 is 1. The molecule has 4 nitrogen and oxygen atoms in total. The Morgan fingerprint density at radius 3 is 2.41 bits per heavy atom. The van der Waals surface area contributed by atoms with Gasteiger partial charge in [-0.15, -0.1) is 0 Å². The zero-order valence-corrected chi connectivity index (χ0v) is 13.6. The highest BCUT2D eigenvalue weighted by atomic mass is 16.5. The van der Waals surface area contributed by atoms with Crippen molar-refractivity contribution in [1.29, 1.82) is 0 Å². The van der Waals surface area contributed by atoms with Crippen LogP contribution >= 0.6 is 0 Å². The van der Waals surface area contributed by atoms with Gasteiger partial charge in [0.15, 0.2) is 0 Å². The van der Waals surface area contributed by atoms with E-state index in [1.54, 1.807) is 0 Å². The number of benzene rings is 1. The number of ether oxygens (including phenoxy) is 1. The van der Waals surface area contributed by atoms with E-state index in [-0.39, 0.29) is 11.6 Å². The summed E-state index contributed by atoms with van der Waals surface area (Å²) in [6.07, 6.45) is 3.90. The summed E-state index contributed by atoms with van der Waals surface area (Å²) >= 11 is 0. The van der Waals surface area contributed by atoms with Crippen LogP contribution in [0.4, 0.5) is 0 Å². The molecule has 3 rings (SSSR count). The molecular weight excluding hydrogens is 276 g/mol. The predicted molar refractivity (Wildman–Crippen MR) is 86.5 cm³/mol. The lowest BCUT2D eigenvalue weighted by Gasteiger charge is -2.46. The minimum absolute atomic E-state index is 0.202. The lowest BCUT2D eigenvalue weighted by atomic mass is 9.76. The van der Waals surface area contributed by atoms with E-state index in [2.05, 4.69) is 54.2 Å². The van der Waals surface area contributed by atoms with Gasteiger partial charge in [-0.2, -0.15) is 0 Å². The number of hydrogen-bond donors (Lipinski definition) is 0. The predicted octanol–water partition coefficient (Wildman–Crippen LogP) is 2.24. The Hall–Kier alpha value is -1.65. The van der Waals surface area contributed by atoms with Crippen LogP contribution in [0.1, 0.15) is 24.3 Å². The van der Waals surface area contributed by atoms with E-state index in [1.165, 1.54) is 12.7 Å².